The van der Waals surface area contributed by atoms with Gasteiger partial charge in [0.15, 0.2) is 0 Å². The van der Waals surface area contributed by atoms with E-state index in [0.717, 1.165) is 46.7 Å². The van der Waals surface area contributed by atoms with Crippen LogP contribution in [0.25, 0.3) is 11.1 Å². The second-order valence-corrected chi connectivity index (χ2v) is 17.2. The Morgan fingerprint density at radius 1 is 0.426 bits per heavy atom. The Labute approximate surface area is 331 Å². The molecule has 0 bridgehead atoms. The van der Waals surface area contributed by atoms with Crippen molar-refractivity contribution in [3.8, 4) is 0 Å². The monoisotopic (exact) mass is 739 g/mol. The van der Waals surface area contributed by atoms with E-state index < -0.39 is 0 Å². The van der Waals surface area contributed by atoms with Gasteiger partial charge in [0.1, 0.15) is 0 Å². The number of carbonyl (C=O) groups is 2. The number of amides is 2. The molecule has 2 heterocycles. The van der Waals surface area contributed by atoms with E-state index in [1.54, 1.807) is 0 Å². The van der Waals surface area contributed by atoms with E-state index in [4.69, 9.17) is 0 Å². The van der Waals surface area contributed by atoms with Crippen LogP contribution in [0.5, 0.6) is 0 Å². The first-order valence-electron chi connectivity index (χ1n) is 22.9. The zero-order valence-corrected chi connectivity index (χ0v) is 35.7. The minimum atomic E-state index is 0.0250. The van der Waals surface area contributed by atoms with Crippen LogP contribution >= 0.6 is 0 Å². The van der Waals surface area contributed by atoms with E-state index >= 15 is 0 Å². The Kier molecular flexibility index (Phi) is 19.4. The van der Waals surface area contributed by atoms with Crippen molar-refractivity contribution in [1.82, 2.24) is 0 Å². The van der Waals surface area contributed by atoms with E-state index in [1.165, 1.54) is 154 Å². The molecule has 54 heavy (non-hydrogen) atoms. The van der Waals surface area contributed by atoms with Gasteiger partial charge >= 0.3 is 0 Å². The van der Waals surface area contributed by atoms with Gasteiger partial charge in [0.2, 0.25) is 0 Å². The van der Waals surface area contributed by atoms with Crippen molar-refractivity contribution in [2.75, 3.05) is 22.9 Å². The third-order valence-electron chi connectivity index (χ3n) is 12.3. The second kappa shape index (κ2) is 23.9. The van der Waals surface area contributed by atoms with E-state index in [0.29, 0.717) is 23.0 Å². The van der Waals surface area contributed by atoms with E-state index in [-0.39, 0.29) is 11.8 Å². The minimum absolute atomic E-state index is 0.0250. The zero-order chi connectivity index (χ0) is 38.7. The number of unbranched alkanes of at least 4 members (excludes halogenated alkanes) is 16. The minimum Gasteiger partial charge on any atom is -0.307 e. The highest BCUT2D eigenvalue weighted by Gasteiger charge is 2.43. The van der Waals surface area contributed by atoms with Gasteiger partial charge in [-0.25, -0.2) is 0 Å². The predicted octanol–water partition coefficient (Wildman–Crippen LogP) is 14.6. The van der Waals surface area contributed by atoms with Crippen LogP contribution in [0, 0.1) is 25.7 Å². The molecule has 0 aliphatic carbocycles. The summed E-state index contributed by atoms with van der Waals surface area (Å²) in [5.41, 5.74) is 7.45. The van der Waals surface area contributed by atoms with Crippen LogP contribution in [0.1, 0.15) is 204 Å². The fourth-order valence-corrected chi connectivity index (χ4v) is 9.03. The van der Waals surface area contributed by atoms with Crippen LogP contribution in [0.2, 0.25) is 0 Å². The average molecular weight is 739 g/mol. The summed E-state index contributed by atoms with van der Waals surface area (Å²) in [4.78, 5) is 34.0. The van der Waals surface area contributed by atoms with Crippen molar-refractivity contribution in [2.24, 2.45) is 11.8 Å². The summed E-state index contributed by atoms with van der Waals surface area (Å²) < 4.78 is 0. The number of anilines is 2. The summed E-state index contributed by atoms with van der Waals surface area (Å²) in [7, 11) is 0. The van der Waals surface area contributed by atoms with Crippen LogP contribution in [0.3, 0.4) is 0 Å². The van der Waals surface area contributed by atoms with Gasteiger partial charge in [0.25, 0.3) is 11.8 Å². The SMILES string of the molecule is CCCCCCCCC(CCCCCC)CN1C(=O)/C(=C2/C(=O)N(CC(CCCCCC)CCCCCCCC)c3cc(C)ccc32)c2ccc(C)cc21. The molecule has 2 unspecified atom stereocenters. The standard InChI is InChI=1S/C50H78N2O2/c1-7-11-15-19-21-25-29-41(27-23-17-13-9-3)37-51-45-35-39(5)31-33-43(45)47(49(51)53)48-44-34-32-40(6)36-46(44)52(50(48)54)38-42(28-24-18-14-10-4)30-26-22-20-16-12-8-2/h31-36,41-42H,7-30,37-38H2,1-6H3/b48-47+. The summed E-state index contributed by atoms with van der Waals surface area (Å²) in [6.45, 7) is 14.8. The fourth-order valence-electron chi connectivity index (χ4n) is 9.03. The molecule has 2 amide bonds. The molecule has 0 N–H and O–H groups in total. The molecule has 4 heteroatoms. The Morgan fingerprint density at radius 3 is 1.06 bits per heavy atom. The predicted molar refractivity (Wildman–Crippen MR) is 234 cm³/mol. The lowest BCUT2D eigenvalue weighted by molar-refractivity contribution is -0.114. The number of fused-ring (bicyclic) bond motifs is 2. The smallest absolute Gasteiger partial charge is 0.259 e. The van der Waals surface area contributed by atoms with Gasteiger partial charge in [-0.2, -0.15) is 0 Å². The van der Waals surface area contributed by atoms with Crippen LogP contribution < -0.4 is 9.80 Å². The quantitative estimate of drug-likeness (QED) is 0.0644. The zero-order valence-electron chi connectivity index (χ0n) is 35.7. The normalized spacial score (nSPS) is 16.4. The first kappa shape index (κ1) is 43.8. The van der Waals surface area contributed by atoms with Gasteiger partial charge in [-0.15, -0.1) is 0 Å². The van der Waals surface area contributed by atoms with E-state index in [1.807, 2.05) is 0 Å². The molecule has 0 fully saturated rings. The lowest BCUT2D eigenvalue weighted by Crippen LogP contribution is -2.34. The third-order valence-corrected chi connectivity index (χ3v) is 12.3. The highest BCUT2D eigenvalue weighted by Crippen LogP contribution is 2.48. The second-order valence-electron chi connectivity index (χ2n) is 17.2. The van der Waals surface area contributed by atoms with Gasteiger partial charge in [0, 0.05) is 24.2 Å². The van der Waals surface area contributed by atoms with Crippen molar-refractivity contribution in [1.29, 1.82) is 0 Å². The lowest BCUT2D eigenvalue weighted by atomic mass is 9.93. The molecule has 2 aromatic rings. The van der Waals surface area contributed by atoms with Crippen molar-refractivity contribution in [2.45, 2.75) is 196 Å². The summed E-state index contributed by atoms with van der Waals surface area (Å²) in [6, 6.07) is 12.9. The molecule has 0 saturated heterocycles. The molecule has 2 aliphatic heterocycles. The number of aryl methyl sites for hydroxylation is 2. The molecule has 0 spiro atoms. The number of rotatable bonds is 28. The van der Waals surface area contributed by atoms with Crippen molar-refractivity contribution in [3.05, 3.63) is 58.7 Å². The molecule has 2 aliphatic rings. The highest BCUT2D eigenvalue weighted by molar-refractivity contribution is 6.49. The average Bonchev–Trinajstić information content (AvgIpc) is 3.57. The molecule has 300 valence electrons. The molecule has 4 rings (SSSR count). The maximum atomic E-state index is 14.9. The largest absolute Gasteiger partial charge is 0.307 e. The Bertz CT molecular complexity index is 1360. The molecule has 0 aromatic heterocycles. The molecular formula is C50H78N2O2. The van der Waals surface area contributed by atoms with Crippen LogP contribution in [0.4, 0.5) is 11.4 Å². The van der Waals surface area contributed by atoms with E-state index in [9.17, 15) is 9.59 Å². The first-order chi connectivity index (χ1) is 26.3. The number of benzene rings is 2. The van der Waals surface area contributed by atoms with Gasteiger partial charge in [-0.1, -0.05) is 180 Å². The number of carbonyl (C=O) groups excluding carboxylic acids is 2. The molecule has 2 aromatic carbocycles. The van der Waals surface area contributed by atoms with Crippen LogP contribution in [-0.2, 0) is 9.59 Å². The lowest BCUT2D eigenvalue weighted by Gasteiger charge is -2.25. The fraction of sp³-hybridized carbons (Fsp3) is 0.680. The van der Waals surface area contributed by atoms with Crippen LogP contribution in [-0.4, -0.2) is 24.9 Å². The van der Waals surface area contributed by atoms with Crippen molar-refractivity contribution >= 4 is 34.3 Å². The molecule has 2 atom stereocenters. The maximum absolute atomic E-state index is 14.9. The first-order valence-corrected chi connectivity index (χ1v) is 22.9. The maximum Gasteiger partial charge on any atom is 0.259 e. The summed E-state index contributed by atoms with van der Waals surface area (Å²) in [5.74, 6) is 0.987. The molecule has 0 saturated carbocycles. The van der Waals surface area contributed by atoms with Gasteiger partial charge in [-0.05, 0) is 74.6 Å². The Morgan fingerprint density at radius 2 is 0.722 bits per heavy atom. The van der Waals surface area contributed by atoms with E-state index in [2.05, 4.69) is 87.7 Å². The molecular weight excluding hydrogens is 661 g/mol. The Hall–Kier alpha value is -2.88. The van der Waals surface area contributed by atoms with Crippen LogP contribution in [0.15, 0.2) is 36.4 Å². The number of nitrogens with zero attached hydrogens (tertiary/aromatic N) is 2. The van der Waals surface area contributed by atoms with Crippen molar-refractivity contribution in [3.63, 3.8) is 0 Å². The third kappa shape index (κ3) is 12.6. The highest BCUT2D eigenvalue weighted by atomic mass is 16.2. The molecule has 0 radical (unpaired) electrons. The topological polar surface area (TPSA) is 40.6 Å². The van der Waals surface area contributed by atoms with Gasteiger partial charge < -0.3 is 9.80 Å². The number of hydrogen-bond donors (Lipinski definition) is 0. The summed E-state index contributed by atoms with van der Waals surface area (Å²) >= 11 is 0. The summed E-state index contributed by atoms with van der Waals surface area (Å²) in [5, 5.41) is 0. The van der Waals surface area contributed by atoms with Crippen molar-refractivity contribution < 1.29 is 9.59 Å². The Balaban J connectivity index is 1.63. The summed E-state index contributed by atoms with van der Waals surface area (Å²) in [6.07, 6.45) is 30.2. The molecule has 4 nitrogen and oxygen atoms in total. The number of hydrogen-bond acceptors (Lipinski definition) is 2. The van der Waals surface area contributed by atoms with Gasteiger partial charge in [0.05, 0.1) is 22.5 Å². The van der Waals surface area contributed by atoms with Gasteiger partial charge in [-0.3, -0.25) is 9.59 Å².